The van der Waals surface area contributed by atoms with E-state index in [2.05, 4.69) is 56.4 Å². The first-order valence-corrected chi connectivity index (χ1v) is 7.04. The zero-order chi connectivity index (χ0) is 12.8. The van der Waals surface area contributed by atoms with Crippen LogP contribution in [0.2, 0.25) is 0 Å². The zero-order valence-electron chi connectivity index (χ0n) is 10.6. The standard InChI is InChI=1S/C13H20BrN3O/c1-18-7-6-15-8-11-9-16-17-13(11)10-2-4-12(14)5-3-10/h2-5,11,13,15-17H,6-9H2,1H3. The van der Waals surface area contributed by atoms with Gasteiger partial charge in [0.1, 0.15) is 0 Å². The van der Waals surface area contributed by atoms with Crippen molar-refractivity contribution in [1.29, 1.82) is 0 Å². The molecule has 0 radical (unpaired) electrons. The van der Waals surface area contributed by atoms with Gasteiger partial charge in [-0.1, -0.05) is 28.1 Å². The number of halogens is 1. The highest BCUT2D eigenvalue weighted by atomic mass is 79.9. The molecule has 1 aliphatic heterocycles. The second-order valence-electron chi connectivity index (χ2n) is 4.51. The lowest BCUT2D eigenvalue weighted by molar-refractivity contribution is 0.197. The van der Waals surface area contributed by atoms with Crippen LogP contribution in [0, 0.1) is 5.92 Å². The van der Waals surface area contributed by atoms with Crippen LogP contribution in [0.1, 0.15) is 11.6 Å². The van der Waals surface area contributed by atoms with Gasteiger partial charge in [-0.3, -0.25) is 5.43 Å². The molecule has 18 heavy (non-hydrogen) atoms. The number of rotatable bonds is 6. The molecule has 0 saturated carbocycles. The van der Waals surface area contributed by atoms with Crippen LogP contribution in [0.25, 0.3) is 0 Å². The molecule has 0 amide bonds. The molecule has 4 nitrogen and oxygen atoms in total. The molecule has 5 heteroatoms. The summed E-state index contributed by atoms with van der Waals surface area (Å²) in [5.74, 6) is 0.558. The quantitative estimate of drug-likeness (QED) is 0.696. The predicted molar refractivity (Wildman–Crippen MR) is 76.3 cm³/mol. The molecule has 1 aromatic rings. The number of nitrogens with one attached hydrogen (secondary N) is 3. The van der Waals surface area contributed by atoms with Crippen LogP contribution in [-0.2, 0) is 4.74 Å². The van der Waals surface area contributed by atoms with Crippen molar-refractivity contribution in [3.8, 4) is 0 Å². The first-order chi connectivity index (χ1) is 8.81. The Balaban J connectivity index is 1.88. The maximum Gasteiger partial charge on any atom is 0.0587 e. The zero-order valence-corrected chi connectivity index (χ0v) is 12.2. The van der Waals surface area contributed by atoms with Crippen molar-refractivity contribution in [3.05, 3.63) is 34.3 Å². The second kappa shape index (κ2) is 7.21. The summed E-state index contributed by atoms with van der Waals surface area (Å²) in [4.78, 5) is 0. The van der Waals surface area contributed by atoms with Crippen LogP contribution in [0.3, 0.4) is 0 Å². The average molecular weight is 314 g/mol. The fourth-order valence-electron chi connectivity index (χ4n) is 2.21. The van der Waals surface area contributed by atoms with E-state index < -0.39 is 0 Å². The van der Waals surface area contributed by atoms with Gasteiger partial charge in [-0.15, -0.1) is 0 Å². The molecule has 1 aliphatic rings. The molecule has 0 aromatic heterocycles. The van der Waals surface area contributed by atoms with E-state index in [1.807, 2.05) is 0 Å². The number of hydrogen-bond donors (Lipinski definition) is 3. The van der Waals surface area contributed by atoms with Gasteiger partial charge in [0, 0.05) is 37.1 Å². The minimum atomic E-state index is 0.369. The Morgan fingerprint density at radius 2 is 2.17 bits per heavy atom. The van der Waals surface area contributed by atoms with E-state index in [-0.39, 0.29) is 0 Å². The van der Waals surface area contributed by atoms with E-state index in [1.165, 1.54) is 5.56 Å². The summed E-state index contributed by atoms with van der Waals surface area (Å²) in [5, 5.41) is 3.43. The largest absolute Gasteiger partial charge is 0.383 e. The topological polar surface area (TPSA) is 45.3 Å². The van der Waals surface area contributed by atoms with Crippen LogP contribution >= 0.6 is 15.9 Å². The van der Waals surface area contributed by atoms with Gasteiger partial charge < -0.3 is 10.1 Å². The van der Waals surface area contributed by atoms with Gasteiger partial charge in [-0.05, 0) is 17.7 Å². The summed E-state index contributed by atoms with van der Waals surface area (Å²) >= 11 is 3.47. The van der Waals surface area contributed by atoms with Crippen LogP contribution in [0.5, 0.6) is 0 Å². The summed E-state index contributed by atoms with van der Waals surface area (Å²) in [5.41, 5.74) is 7.91. The molecule has 2 unspecified atom stereocenters. The lowest BCUT2D eigenvalue weighted by Crippen LogP contribution is -2.30. The Morgan fingerprint density at radius 1 is 1.39 bits per heavy atom. The van der Waals surface area contributed by atoms with E-state index in [4.69, 9.17) is 4.74 Å². The minimum absolute atomic E-state index is 0.369. The van der Waals surface area contributed by atoms with Gasteiger partial charge in [0.25, 0.3) is 0 Å². The number of hydrazine groups is 1. The van der Waals surface area contributed by atoms with E-state index in [0.717, 1.165) is 30.7 Å². The van der Waals surface area contributed by atoms with Gasteiger partial charge >= 0.3 is 0 Å². The summed E-state index contributed by atoms with van der Waals surface area (Å²) in [6.07, 6.45) is 0. The van der Waals surface area contributed by atoms with E-state index in [9.17, 15) is 0 Å². The van der Waals surface area contributed by atoms with Crippen molar-refractivity contribution in [2.45, 2.75) is 6.04 Å². The minimum Gasteiger partial charge on any atom is -0.383 e. The fraction of sp³-hybridized carbons (Fsp3) is 0.538. The number of hydrogen-bond acceptors (Lipinski definition) is 4. The van der Waals surface area contributed by atoms with Crippen LogP contribution in [-0.4, -0.2) is 33.4 Å². The van der Waals surface area contributed by atoms with Crippen molar-refractivity contribution < 1.29 is 4.74 Å². The van der Waals surface area contributed by atoms with Crippen molar-refractivity contribution in [3.63, 3.8) is 0 Å². The molecular formula is C13H20BrN3O. The van der Waals surface area contributed by atoms with E-state index in [0.29, 0.717) is 12.0 Å². The molecule has 1 heterocycles. The van der Waals surface area contributed by atoms with E-state index >= 15 is 0 Å². The number of benzene rings is 1. The molecule has 1 saturated heterocycles. The monoisotopic (exact) mass is 313 g/mol. The Morgan fingerprint density at radius 3 is 2.89 bits per heavy atom. The van der Waals surface area contributed by atoms with E-state index in [1.54, 1.807) is 7.11 Å². The van der Waals surface area contributed by atoms with Crippen molar-refractivity contribution in [2.24, 2.45) is 5.92 Å². The third-order valence-electron chi connectivity index (χ3n) is 3.21. The molecule has 100 valence electrons. The fourth-order valence-corrected chi connectivity index (χ4v) is 2.48. The number of ether oxygens (including phenoxy) is 1. The second-order valence-corrected chi connectivity index (χ2v) is 5.43. The molecule has 0 bridgehead atoms. The van der Waals surface area contributed by atoms with Gasteiger partial charge in [0.2, 0.25) is 0 Å². The van der Waals surface area contributed by atoms with Crippen LogP contribution in [0.4, 0.5) is 0 Å². The van der Waals surface area contributed by atoms with Gasteiger partial charge in [-0.2, -0.15) is 0 Å². The Bertz CT molecular complexity index is 358. The molecule has 2 atom stereocenters. The smallest absolute Gasteiger partial charge is 0.0587 e. The lowest BCUT2D eigenvalue weighted by Gasteiger charge is -2.19. The highest BCUT2D eigenvalue weighted by molar-refractivity contribution is 9.10. The molecule has 2 rings (SSSR count). The summed E-state index contributed by atoms with van der Waals surface area (Å²) in [7, 11) is 1.73. The highest BCUT2D eigenvalue weighted by Crippen LogP contribution is 2.25. The Kier molecular flexibility index (Phi) is 5.59. The van der Waals surface area contributed by atoms with Gasteiger partial charge in [0.05, 0.1) is 12.6 Å². The highest BCUT2D eigenvalue weighted by Gasteiger charge is 2.27. The Labute approximate surface area is 117 Å². The third-order valence-corrected chi connectivity index (χ3v) is 3.74. The summed E-state index contributed by atoms with van der Waals surface area (Å²) in [6, 6.07) is 8.87. The van der Waals surface area contributed by atoms with Crippen molar-refractivity contribution >= 4 is 15.9 Å². The predicted octanol–water partition coefficient (Wildman–Crippen LogP) is 1.45. The van der Waals surface area contributed by atoms with Gasteiger partial charge in [0.15, 0.2) is 0 Å². The molecule has 0 aliphatic carbocycles. The molecule has 1 fully saturated rings. The maximum absolute atomic E-state index is 5.03. The summed E-state index contributed by atoms with van der Waals surface area (Å²) < 4.78 is 6.15. The average Bonchev–Trinajstić information content (AvgIpc) is 2.84. The lowest BCUT2D eigenvalue weighted by atomic mass is 9.95. The molecule has 0 spiro atoms. The van der Waals surface area contributed by atoms with Crippen molar-refractivity contribution in [2.75, 3.05) is 33.4 Å². The Hall–Kier alpha value is -0.460. The third kappa shape index (κ3) is 3.76. The first kappa shape index (κ1) is 14.0. The SMILES string of the molecule is COCCNCC1CNNC1c1ccc(Br)cc1. The molecule has 3 N–H and O–H groups in total. The summed E-state index contributed by atoms with van der Waals surface area (Å²) in [6.45, 7) is 3.64. The maximum atomic E-state index is 5.03. The number of methoxy groups -OCH3 is 1. The normalized spacial score (nSPS) is 23.4. The van der Waals surface area contributed by atoms with Crippen molar-refractivity contribution in [1.82, 2.24) is 16.2 Å². The van der Waals surface area contributed by atoms with Crippen LogP contribution in [0.15, 0.2) is 28.7 Å². The first-order valence-electron chi connectivity index (χ1n) is 6.25. The molecular weight excluding hydrogens is 294 g/mol. The molecule has 1 aromatic carbocycles. The van der Waals surface area contributed by atoms with Gasteiger partial charge in [-0.25, -0.2) is 5.43 Å². The van der Waals surface area contributed by atoms with Crippen LogP contribution < -0.4 is 16.2 Å².